The Morgan fingerprint density at radius 1 is 1.00 bits per heavy atom. The van der Waals surface area contributed by atoms with Crippen LogP contribution < -0.4 is 15.0 Å². The molecule has 0 unspecified atom stereocenters. The molecule has 4 aromatic rings. The van der Waals surface area contributed by atoms with Gasteiger partial charge in [-0.1, -0.05) is 59.6 Å². The van der Waals surface area contributed by atoms with Crippen molar-refractivity contribution in [2.45, 2.75) is 39.7 Å². The molecule has 36 heavy (non-hydrogen) atoms. The minimum absolute atomic E-state index is 0.201. The van der Waals surface area contributed by atoms with Crippen LogP contribution in [0.5, 0.6) is 11.5 Å². The van der Waals surface area contributed by atoms with Crippen LogP contribution in [0.1, 0.15) is 43.6 Å². The van der Waals surface area contributed by atoms with Gasteiger partial charge in [-0.2, -0.15) is 9.78 Å². The second kappa shape index (κ2) is 12.3. The van der Waals surface area contributed by atoms with E-state index in [4.69, 9.17) is 14.5 Å². The molecular weight excluding hydrogens is 586 g/mol. The molecule has 1 aromatic heterocycles. The number of hydrogen-bond acceptors (Lipinski definition) is 5. The lowest BCUT2D eigenvalue weighted by Gasteiger charge is -2.14. The predicted octanol–water partition coefficient (Wildman–Crippen LogP) is 7.12. The molecule has 0 aliphatic carbocycles. The number of aromatic nitrogens is 2. The van der Waals surface area contributed by atoms with Gasteiger partial charge in [-0.15, -0.1) is 0 Å². The third-order valence-corrected chi connectivity index (χ3v) is 6.72. The molecule has 0 saturated heterocycles. The summed E-state index contributed by atoms with van der Waals surface area (Å²) in [5.41, 5.74) is 2.29. The summed E-state index contributed by atoms with van der Waals surface area (Å²) in [4.78, 5) is 18.1. The number of nitrogens with zero attached hydrogens (tertiary/aromatic N) is 3. The first-order valence-electron chi connectivity index (χ1n) is 11.9. The van der Waals surface area contributed by atoms with Crippen LogP contribution in [-0.2, 0) is 13.0 Å². The van der Waals surface area contributed by atoms with E-state index >= 15 is 0 Å². The van der Waals surface area contributed by atoms with Crippen molar-refractivity contribution in [2.75, 3.05) is 6.61 Å². The lowest BCUT2D eigenvalue weighted by atomic mass is 10.2. The van der Waals surface area contributed by atoms with Crippen LogP contribution in [0.2, 0.25) is 0 Å². The zero-order chi connectivity index (χ0) is 25.5. The molecule has 0 spiro atoms. The first kappa shape index (κ1) is 26.1. The lowest BCUT2D eigenvalue weighted by Crippen LogP contribution is -2.22. The molecule has 0 radical (unpaired) electrons. The molecule has 0 saturated carbocycles. The zero-order valence-corrected chi connectivity index (χ0v) is 23.4. The van der Waals surface area contributed by atoms with Crippen molar-refractivity contribution < 1.29 is 9.47 Å². The van der Waals surface area contributed by atoms with E-state index in [1.54, 1.807) is 12.3 Å². The van der Waals surface area contributed by atoms with E-state index in [0.29, 0.717) is 47.9 Å². The molecule has 0 amide bonds. The van der Waals surface area contributed by atoms with Crippen molar-refractivity contribution in [2.24, 2.45) is 5.10 Å². The highest BCUT2D eigenvalue weighted by molar-refractivity contribution is 9.10. The number of halogens is 2. The fourth-order valence-electron chi connectivity index (χ4n) is 3.70. The zero-order valence-electron chi connectivity index (χ0n) is 20.2. The van der Waals surface area contributed by atoms with E-state index < -0.39 is 0 Å². The van der Waals surface area contributed by atoms with Crippen LogP contribution in [0, 0.1) is 0 Å². The molecule has 0 N–H and O–H groups in total. The number of unbranched alkanes of at least 4 members (excludes halogenated alkanes) is 1. The highest BCUT2D eigenvalue weighted by Crippen LogP contribution is 2.34. The van der Waals surface area contributed by atoms with Gasteiger partial charge < -0.3 is 9.47 Å². The molecule has 0 bridgehead atoms. The van der Waals surface area contributed by atoms with Crippen LogP contribution in [0.3, 0.4) is 0 Å². The van der Waals surface area contributed by atoms with Gasteiger partial charge in [-0.05, 0) is 65.2 Å². The van der Waals surface area contributed by atoms with E-state index in [0.717, 1.165) is 32.9 Å². The average molecular weight is 613 g/mol. The molecule has 0 atom stereocenters. The number of rotatable bonds is 10. The van der Waals surface area contributed by atoms with Gasteiger partial charge in [0.05, 0.1) is 23.7 Å². The smallest absolute Gasteiger partial charge is 0.282 e. The maximum atomic E-state index is 13.3. The molecule has 0 aliphatic heterocycles. The van der Waals surface area contributed by atoms with Gasteiger partial charge >= 0.3 is 0 Å². The van der Waals surface area contributed by atoms with Crippen LogP contribution in [0.15, 0.2) is 79.5 Å². The third kappa shape index (κ3) is 6.23. The summed E-state index contributed by atoms with van der Waals surface area (Å²) in [7, 11) is 0. The Morgan fingerprint density at radius 2 is 1.78 bits per heavy atom. The maximum Gasteiger partial charge on any atom is 0.282 e. The monoisotopic (exact) mass is 611 g/mol. The van der Waals surface area contributed by atoms with Gasteiger partial charge in [0.25, 0.3) is 5.56 Å². The fraction of sp³-hybridized carbons (Fsp3) is 0.250. The number of benzene rings is 3. The molecule has 6 nitrogen and oxygen atoms in total. The van der Waals surface area contributed by atoms with Crippen molar-refractivity contribution in [1.82, 2.24) is 9.66 Å². The molecular formula is C28H27Br2N3O3. The highest BCUT2D eigenvalue weighted by Gasteiger charge is 2.13. The quantitative estimate of drug-likeness (QED) is 0.179. The fourth-order valence-corrected chi connectivity index (χ4v) is 4.48. The van der Waals surface area contributed by atoms with Gasteiger partial charge in [0, 0.05) is 20.9 Å². The van der Waals surface area contributed by atoms with E-state index in [1.165, 1.54) is 4.68 Å². The van der Waals surface area contributed by atoms with E-state index in [1.807, 2.05) is 61.5 Å². The van der Waals surface area contributed by atoms with Crippen molar-refractivity contribution >= 4 is 49.0 Å². The van der Waals surface area contributed by atoms with Crippen LogP contribution in [0.4, 0.5) is 0 Å². The van der Waals surface area contributed by atoms with Crippen molar-refractivity contribution in [3.05, 3.63) is 96.9 Å². The Balaban J connectivity index is 1.70. The Hall–Kier alpha value is -2.97. The molecule has 3 aromatic carbocycles. The van der Waals surface area contributed by atoms with E-state index in [-0.39, 0.29) is 5.56 Å². The summed E-state index contributed by atoms with van der Waals surface area (Å²) in [6.07, 6.45) is 4.21. The topological polar surface area (TPSA) is 65.7 Å². The lowest BCUT2D eigenvalue weighted by molar-refractivity contribution is 0.269. The predicted molar refractivity (Wildman–Crippen MR) is 151 cm³/mol. The highest BCUT2D eigenvalue weighted by atomic mass is 79.9. The molecule has 4 rings (SSSR count). The van der Waals surface area contributed by atoms with Crippen LogP contribution in [0.25, 0.3) is 10.9 Å². The van der Waals surface area contributed by atoms with Crippen LogP contribution >= 0.6 is 31.9 Å². The summed E-state index contributed by atoms with van der Waals surface area (Å²) in [6.45, 7) is 4.95. The number of ether oxygens (including phenoxy) is 2. The minimum atomic E-state index is -0.201. The first-order valence-corrected chi connectivity index (χ1v) is 13.5. The van der Waals surface area contributed by atoms with Gasteiger partial charge in [0.2, 0.25) is 0 Å². The number of aryl methyl sites for hydroxylation is 1. The number of fused-ring (bicyclic) bond motifs is 1. The van der Waals surface area contributed by atoms with Gasteiger partial charge in [-0.3, -0.25) is 4.79 Å². The Kier molecular flexibility index (Phi) is 8.93. The van der Waals surface area contributed by atoms with Gasteiger partial charge in [-0.25, -0.2) is 4.98 Å². The summed E-state index contributed by atoms with van der Waals surface area (Å²) >= 11 is 7.07. The molecule has 0 fully saturated rings. The van der Waals surface area contributed by atoms with E-state index in [2.05, 4.69) is 43.9 Å². The largest absolute Gasteiger partial charge is 0.490 e. The summed E-state index contributed by atoms with van der Waals surface area (Å²) in [5.74, 6) is 1.87. The maximum absolute atomic E-state index is 13.3. The third-order valence-electron chi connectivity index (χ3n) is 5.54. The number of hydrogen-bond donors (Lipinski definition) is 0. The summed E-state index contributed by atoms with van der Waals surface area (Å²) in [5, 5.41) is 5.08. The second-order valence-electron chi connectivity index (χ2n) is 8.18. The Morgan fingerprint density at radius 3 is 2.53 bits per heavy atom. The second-order valence-corrected chi connectivity index (χ2v) is 9.95. The normalized spacial score (nSPS) is 11.3. The first-order chi connectivity index (χ1) is 17.5. The Bertz CT molecular complexity index is 1440. The standard InChI is InChI=1S/C28H27Br2N3O3/c1-3-5-11-27-32-24-13-12-21(29)15-22(24)28(34)33(27)31-17-20-14-25(35-4-2)26(16-23(20)30)36-18-19-9-7-6-8-10-19/h6-10,12-17H,3-5,11,18H2,1-2H3. The minimum Gasteiger partial charge on any atom is -0.490 e. The molecule has 8 heteroatoms. The van der Waals surface area contributed by atoms with Gasteiger partial charge in [0.15, 0.2) is 11.5 Å². The van der Waals surface area contributed by atoms with Gasteiger partial charge in [0.1, 0.15) is 12.4 Å². The Labute approximate surface area is 227 Å². The van der Waals surface area contributed by atoms with Crippen molar-refractivity contribution in [1.29, 1.82) is 0 Å². The van der Waals surface area contributed by atoms with Crippen molar-refractivity contribution in [3.8, 4) is 11.5 Å². The average Bonchev–Trinajstić information content (AvgIpc) is 2.88. The molecule has 186 valence electrons. The van der Waals surface area contributed by atoms with Crippen LogP contribution in [-0.4, -0.2) is 22.5 Å². The van der Waals surface area contributed by atoms with E-state index in [9.17, 15) is 4.79 Å². The molecule has 1 heterocycles. The molecule has 0 aliphatic rings. The summed E-state index contributed by atoms with van der Waals surface area (Å²) in [6, 6.07) is 19.2. The van der Waals surface area contributed by atoms with Crippen molar-refractivity contribution in [3.63, 3.8) is 0 Å². The SMILES string of the molecule is CCCCc1nc2ccc(Br)cc2c(=O)n1N=Cc1cc(OCC)c(OCc2ccccc2)cc1Br. The summed E-state index contributed by atoms with van der Waals surface area (Å²) < 4.78 is 14.9.